The van der Waals surface area contributed by atoms with Gasteiger partial charge in [0.25, 0.3) is 29.7 Å². The summed E-state index contributed by atoms with van der Waals surface area (Å²) in [5.74, 6) is -1.96. The third kappa shape index (κ3) is 11.1. The Morgan fingerprint density at radius 1 is 1.06 bits per heavy atom. The number of aliphatic hydroxyl groups excluding tert-OH is 3. The number of imide groups is 1. The topological polar surface area (TPSA) is 301 Å². The van der Waals surface area contributed by atoms with Gasteiger partial charge in [0.1, 0.15) is 0 Å². The molecule has 4 aliphatic heterocycles. The van der Waals surface area contributed by atoms with Crippen LogP contribution in [0.25, 0.3) is 4.85 Å². The van der Waals surface area contributed by atoms with Crippen LogP contribution in [0.1, 0.15) is 25.8 Å². The SMILES string of the molecule is CC1NN(Cc2ccccc2)C(=O)C1O.CCC1(O)N=C(N)NC1=O.CON1C(=O)N(C)C(=O)C1O.O=C=O.[C-]#[N+]C1CNN(C)C(=O)C1O. The van der Waals surface area contributed by atoms with E-state index in [2.05, 4.69) is 30.8 Å². The largest absolute Gasteiger partial charge is 0.381 e. The van der Waals surface area contributed by atoms with E-state index < -0.39 is 54.0 Å². The van der Waals surface area contributed by atoms with Crippen molar-refractivity contribution in [2.24, 2.45) is 10.7 Å². The molecule has 3 fully saturated rings. The highest BCUT2D eigenvalue weighted by molar-refractivity contribution is 6.05. The lowest BCUT2D eigenvalue weighted by atomic mass is 10.1. The highest BCUT2D eigenvalue weighted by Crippen LogP contribution is 2.15. The van der Waals surface area contributed by atoms with Gasteiger partial charge in [-0.1, -0.05) is 37.3 Å². The molecule has 0 aromatic heterocycles. The Balaban J connectivity index is 0.000000328. The normalized spacial score (nSPS) is 26.8. The molecule has 3 saturated heterocycles. The van der Waals surface area contributed by atoms with Gasteiger partial charge in [-0.05, 0) is 12.5 Å². The van der Waals surface area contributed by atoms with Crippen molar-refractivity contribution < 1.29 is 58.8 Å². The number of rotatable bonds is 4. The van der Waals surface area contributed by atoms with E-state index in [0.29, 0.717) is 18.2 Å². The van der Waals surface area contributed by atoms with Gasteiger partial charge in [0.2, 0.25) is 18.1 Å². The number of guanidine groups is 1. The van der Waals surface area contributed by atoms with Crippen LogP contribution in [0.15, 0.2) is 35.3 Å². The van der Waals surface area contributed by atoms with Crippen LogP contribution in [0.3, 0.4) is 0 Å². The molecule has 0 spiro atoms. The molecule has 9 N–H and O–H groups in total. The fourth-order valence-electron chi connectivity index (χ4n) is 4.07. The van der Waals surface area contributed by atoms with Crippen LogP contribution in [0.5, 0.6) is 0 Å². The molecular weight excluding hydrogens is 668 g/mol. The molecule has 5 rings (SSSR count). The minimum absolute atomic E-state index is 0.0191. The van der Waals surface area contributed by atoms with Gasteiger partial charge in [0.15, 0.2) is 12.1 Å². The van der Waals surface area contributed by atoms with Gasteiger partial charge in [-0.2, -0.15) is 14.7 Å². The maximum absolute atomic E-state index is 11.5. The Hall–Kier alpha value is -5.37. The number of nitrogens with zero attached hydrogens (tertiary/aromatic N) is 6. The molecule has 0 bridgehead atoms. The zero-order valence-electron chi connectivity index (χ0n) is 27.7. The van der Waals surface area contributed by atoms with E-state index in [9.17, 15) is 34.2 Å². The van der Waals surface area contributed by atoms with Gasteiger partial charge in [0.05, 0.1) is 26.2 Å². The predicted octanol–water partition coefficient (Wildman–Crippen LogP) is -4.40. The first-order valence-corrected chi connectivity index (χ1v) is 14.5. The van der Waals surface area contributed by atoms with Crippen LogP contribution >= 0.6 is 0 Å². The number of nitrogens with two attached hydrogens (primary N) is 1. The number of carbonyl (C=O) groups excluding carboxylic acids is 7. The van der Waals surface area contributed by atoms with Crippen molar-refractivity contribution >= 4 is 41.8 Å². The Kier molecular flexibility index (Phi) is 16.7. The first-order valence-electron chi connectivity index (χ1n) is 14.5. The second-order valence-corrected chi connectivity index (χ2v) is 10.4. The fraction of sp³-hybridized carbons (Fsp3) is 0.500. The molecule has 22 heteroatoms. The minimum Gasteiger partial charge on any atom is -0.381 e. The molecule has 6 atom stereocenters. The summed E-state index contributed by atoms with van der Waals surface area (Å²) in [4.78, 5) is 83.1. The maximum atomic E-state index is 11.5. The summed E-state index contributed by atoms with van der Waals surface area (Å²) in [6.45, 7) is 10.9. The van der Waals surface area contributed by atoms with Crippen molar-refractivity contribution in [2.45, 2.75) is 63.1 Å². The van der Waals surface area contributed by atoms with E-state index in [4.69, 9.17) is 32.1 Å². The molecule has 6 unspecified atom stereocenters. The van der Waals surface area contributed by atoms with Crippen LogP contribution in [-0.2, 0) is 40.1 Å². The molecule has 4 heterocycles. The Labute approximate surface area is 285 Å². The summed E-state index contributed by atoms with van der Waals surface area (Å²) in [5.41, 5.74) is 10.2. The lowest BCUT2D eigenvalue weighted by molar-refractivity contribution is -0.191. The highest BCUT2D eigenvalue weighted by Gasteiger charge is 2.43. The number of carbonyl (C=O) groups is 5. The van der Waals surface area contributed by atoms with E-state index in [1.807, 2.05) is 30.3 Å². The van der Waals surface area contributed by atoms with E-state index in [1.54, 1.807) is 13.8 Å². The van der Waals surface area contributed by atoms with Crippen LogP contribution in [-0.4, -0.2) is 146 Å². The molecule has 1 aromatic rings. The molecule has 4 aliphatic rings. The monoisotopic (exact) mass is 708 g/mol. The number of hydrazine groups is 2. The van der Waals surface area contributed by atoms with Crippen molar-refractivity contribution in [1.29, 1.82) is 0 Å². The number of hydroxylamine groups is 2. The second-order valence-electron chi connectivity index (χ2n) is 10.4. The van der Waals surface area contributed by atoms with Crippen molar-refractivity contribution in [2.75, 3.05) is 27.7 Å². The zero-order valence-corrected chi connectivity index (χ0v) is 27.7. The predicted molar refractivity (Wildman–Crippen MR) is 166 cm³/mol. The number of aliphatic imine (C=N–C) groups is 1. The van der Waals surface area contributed by atoms with Crippen LogP contribution in [0.2, 0.25) is 0 Å². The summed E-state index contributed by atoms with van der Waals surface area (Å²) in [7, 11) is 3.99. The van der Waals surface area contributed by atoms with Crippen LogP contribution < -0.4 is 21.9 Å². The summed E-state index contributed by atoms with van der Waals surface area (Å²) in [5, 5.41) is 42.3. The standard InChI is InChI=1S/C11H14N2O2.C6H9N3O2.C5H9N3O2.C5H8N2O4.CO2/c1-8-10(14)11(15)13(12-8)7-9-5-3-2-4-6-9;1-7-4-3-8-9(2)6(11)5(4)10;1-2-5(10)3(9)7-4(6)8-5;1-6-3(8)4(9)7(11-2)5(6)10;2-1-3/h2-6,8,10,12,14H,7H2,1H3;4-5,8,10H,3H2,2H3;10H,2H2,1H3,(H3,6,7,8,9);4,9H,1-2H3;. The first-order chi connectivity index (χ1) is 23.4. The van der Waals surface area contributed by atoms with Crippen LogP contribution in [0.4, 0.5) is 4.79 Å². The fourth-order valence-corrected chi connectivity index (χ4v) is 4.07. The van der Waals surface area contributed by atoms with Gasteiger partial charge in [0, 0.05) is 20.5 Å². The maximum Gasteiger partial charge on any atom is 0.373 e. The third-order valence-electron chi connectivity index (χ3n) is 7.04. The van der Waals surface area contributed by atoms with Gasteiger partial charge < -0.3 is 31.0 Å². The minimum atomic E-state index is -1.62. The van der Waals surface area contributed by atoms with Gasteiger partial charge in [-0.3, -0.25) is 44.3 Å². The number of hydrogen-bond acceptors (Lipinski definition) is 16. The second kappa shape index (κ2) is 19.6. The summed E-state index contributed by atoms with van der Waals surface area (Å²) in [6, 6.07) is 8.17. The van der Waals surface area contributed by atoms with Crippen molar-refractivity contribution in [3.05, 3.63) is 47.3 Å². The lowest BCUT2D eigenvalue weighted by Crippen LogP contribution is -2.57. The molecule has 0 radical (unpaired) electrons. The first kappa shape index (κ1) is 42.7. The van der Waals surface area contributed by atoms with Gasteiger partial charge in [-0.15, -0.1) is 0 Å². The van der Waals surface area contributed by atoms with Crippen molar-refractivity contribution in [3.8, 4) is 0 Å². The van der Waals surface area contributed by atoms with Crippen molar-refractivity contribution in [3.63, 3.8) is 0 Å². The molecule has 6 amide bonds. The Morgan fingerprint density at radius 2 is 1.64 bits per heavy atom. The van der Waals surface area contributed by atoms with E-state index in [0.717, 1.165) is 10.5 Å². The molecule has 22 nitrogen and oxygen atoms in total. The molecular formula is C28H40N10O12. The molecule has 1 aromatic carbocycles. The highest BCUT2D eigenvalue weighted by atomic mass is 16.7. The number of hydrogen-bond donors (Lipinski definition) is 8. The average molecular weight is 709 g/mol. The molecule has 274 valence electrons. The summed E-state index contributed by atoms with van der Waals surface area (Å²) >= 11 is 0. The quantitative estimate of drug-likeness (QED) is 0.108. The average Bonchev–Trinajstić information content (AvgIpc) is 3.58. The number of amides is 6. The number of likely N-dealkylation sites (N-methyl/N-ethyl adjacent to an activating group) is 2. The number of urea groups is 1. The third-order valence-corrected chi connectivity index (χ3v) is 7.04. The van der Waals surface area contributed by atoms with Crippen molar-refractivity contribution in [1.82, 2.24) is 36.1 Å². The van der Waals surface area contributed by atoms with Gasteiger partial charge >= 0.3 is 12.2 Å². The number of benzene rings is 1. The van der Waals surface area contributed by atoms with Gasteiger partial charge in [-0.25, -0.2) is 27.2 Å². The molecule has 0 aliphatic carbocycles. The number of nitrogens with one attached hydrogen (secondary N) is 3. The molecule has 50 heavy (non-hydrogen) atoms. The summed E-state index contributed by atoms with van der Waals surface area (Å²) < 4.78 is 0. The number of aliphatic hydroxyl groups is 4. The zero-order chi connectivity index (χ0) is 38.3. The van der Waals surface area contributed by atoms with E-state index >= 15 is 0 Å². The van der Waals surface area contributed by atoms with E-state index in [-0.39, 0.29) is 30.5 Å². The van der Waals surface area contributed by atoms with E-state index in [1.165, 1.54) is 31.2 Å². The molecule has 0 saturated carbocycles. The van der Waals surface area contributed by atoms with Crippen LogP contribution in [0, 0.1) is 6.57 Å². The Morgan fingerprint density at radius 3 is 2.00 bits per heavy atom. The summed E-state index contributed by atoms with van der Waals surface area (Å²) in [6.07, 6.45) is -3.11. The lowest BCUT2D eigenvalue weighted by Gasteiger charge is -2.27. The smallest absolute Gasteiger partial charge is 0.373 e. The Bertz CT molecular complexity index is 1470.